The summed E-state index contributed by atoms with van der Waals surface area (Å²) in [6.45, 7) is 7.95. The van der Waals surface area contributed by atoms with Crippen LogP contribution in [0.3, 0.4) is 0 Å². The van der Waals surface area contributed by atoms with Crippen LogP contribution in [0.4, 0.5) is 4.39 Å². The Hall–Kier alpha value is -0.930. The highest BCUT2D eigenvalue weighted by molar-refractivity contribution is 5.26. The van der Waals surface area contributed by atoms with Gasteiger partial charge < -0.3 is 5.73 Å². The van der Waals surface area contributed by atoms with Crippen molar-refractivity contribution in [2.24, 2.45) is 11.7 Å². The number of nitrogens with zero attached hydrogens (tertiary/aromatic N) is 1. The molecule has 3 heteroatoms. The molecule has 2 N–H and O–H groups in total. The van der Waals surface area contributed by atoms with Gasteiger partial charge in [0.15, 0.2) is 0 Å². The molecule has 1 heterocycles. The molecule has 3 unspecified atom stereocenters. The molecule has 1 aromatic carbocycles. The minimum Gasteiger partial charge on any atom is -0.329 e. The lowest BCUT2D eigenvalue weighted by Gasteiger charge is -2.42. The zero-order chi connectivity index (χ0) is 14.0. The summed E-state index contributed by atoms with van der Waals surface area (Å²) in [6.07, 6.45) is 2.48. The normalized spacial score (nSPS) is 26.4. The Morgan fingerprint density at radius 3 is 2.79 bits per heavy atom. The van der Waals surface area contributed by atoms with E-state index >= 15 is 0 Å². The molecule has 1 aliphatic rings. The number of aryl methyl sites for hydroxylation is 1. The first-order valence-corrected chi connectivity index (χ1v) is 7.26. The number of rotatable bonds is 3. The molecule has 19 heavy (non-hydrogen) atoms. The highest BCUT2D eigenvalue weighted by atomic mass is 19.1. The molecular weight excluding hydrogens is 239 g/mol. The molecule has 0 saturated carbocycles. The molecule has 106 valence electrons. The van der Waals surface area contributed by atoms with Crippen LogP contribution in [0, 0.1) is 18.7 Å². The maximum Gasteiger partial charge on any atom is 0.126 e. The fraction of sp³-hybridized carbons (Fsp3) is 0.625. The molecule has 0 bridgehead atoms. The van der Waals surface area contributed by atoms with Gasteiger partial charge in [0.25, 0.3) is 0 Å². The van der Waals surface area contributed by atoms with E-state index in [1.54, 1.807) is 13.0 Å². The molecule has 0 radical (unpaired) electrons. The van der Waals surface area contributed by atoms with Crippen molar-refractivity contribution in [1.82, 2.24) is 4.90 Å². The molecule has 0 aromatic heterocycles. The Balaban J connectivity index is 2.25. The fourth-order valence-electron chi connectivity index (χ4n) is 3.09. The molecule has 1 saturated heterocycles. The molecule has 1 aliphatic heterocycles. The van der Waals surface area contributed by atoms with Crippen LogP contribution in [0.25, 0.3) is 0 Å². The topological polar surface area (TPSA) is 29.3 Å². The van der Waals surface area contributed by atoms with Crippen molar-refractivity contribution >= 4 is 0 Å². The lowest BCUT2D eigenvalue weighted by molar-refractivity contribution is 0.0708. The van der Waals surface area contributed by atoms with Crippen LogP contribution < -0.4 is 5.73 Å². The third-order valence-corrected chi connectivity index (χ3v) is 4.63. The van der Waals surface area contributed by atoms with Gasteiger partial charge in [0, 0.05) is 18.6 Å². The predicted molar refractivity (Wildman–Crippen MR) is 77.5 cm³/mol. The van der Waals surface area contributed by atoms with E-state index in [1.807, 2.05) is 12.1 Å². The molecular formula is C16H25FN2. The summed E-state index contributed by atoms with van der Waals surface area (Å²) in [6, 6.07) is 6.16. The molecule has 0 aliphatic carbocycles. The number of nitrogens with two attached hydrogens (primary N) is 1. The van der Waals surface area contributed by atoms with Gasteiger partial charge in [-0.1, -0.05) is 19.1 Å². The summed E-state index contributed by atoms with van der Waals surface area (Å²) in [5.74, 6) is 0.548. The van der Waals surface area contributed by atoms with E-state index in [9.17, 15) is 4.39 Å². The smallest absolute Gasteiger partial charge is 0.126 e. The Morgan fingerprint density at radius 2 is 2.16 bits per heavy atom. The number of hydrogen-bond donors (Lipinski definition) is 1. The lowest BCUT2D eigenvalue weighted by atomic mass is 9.89. The van der Waals surface area contributed by atoms with Gasteiger partial charge in [-0.15, -0.1) is 0 Å². The number of likely N-dealkylation sites (tertiary alicyclic amines) is 1. The average molecular weight is 264 g/mol. The second kappa shape index (κ2) is 6.02. The number of benzene rings is 1. The summed E-state index contributed by atoms with van der Waals surface area (Å²) in [7, 11) is 0. The maximum atomic E-state index is 13.8. The van der Waals surface area contributed by atoms with Crippen LogP contribution >= 0.6 is 0 Å². The summed E-state index contributed by atoms with van der Waals surface area (Å²) < 4.78 is 13.8. The van der Waals surface area contributed by atoms with E-state index in [0.717, 1.165) is 12.1 Å². The summed E-state index contributed by atoms with van der Waals surface area (Å²) >= 11 is 0. The van der Waals surface area contributed by atoms with Gasteiger partial charge in [0.05, 0.1) is 0 Å². The van der Waals surface area contributed by atoms with E-state index in [-0.39, 0.29) is 11.9 Å². The van der Waals surface area contributed by atoms with Crippen molar-refractivity contribution in [3.63, 3.8) is 0 Å². The van der Waals surface area contributed by atoms with Crippen molar-refractivity contribution < 1.29 is 4.39 Å². The number of halogens is 1. The summed E-state index contributed by atoms with van der Waals surface area (Å²) in [4.78, 5) is 2.44. The van der Waals surface area contributed by atoms with Crippen LogP contribution in [-0.2, 0) is 0 Å². The first kappa shape index (κ1) is 14.5. The minimum absolute atomic E-state index is 0.131. The van der Waals surface area contributed by atoms with Crippen LogP contribution in [-0.4, -0.2) is 24.0 Å². The van der Waals surface area contributed by atoms with E-state index in [2.05, 4.69) is 18.7 Å². The second-order valence-electron chi connectivity index (χ2n) is 5.86. The predicted octanol–water partition coefficient (Wildman–Crippen LogP) is 3.25. The molecule has 3 atom stereocenters. The van der Waals surface area contributed by atoms with Crippen LogP contribution in [0.2, 0.25) is 0 Å². The van der Waals surface area contributed by atoms with Gasteiger partial charge in [-0.25, -0.2) is 4.39 Å². The maximum absolute atomic E-state index is 13.8. The van der Waals surface area contributed by atoms with Crippen LogP contribution in [0.15, 0.2) is 18.2 Å². The van der Waals surface area contributed by atoms with E-state index < -0.39 is 0 Å². The average Bonchev–Trinajstić information content (AvgIpc) is 2.39. The van der Waals surface area contributed by atoms with Crippen molar-refractivity contribution in [1.29, 1.82) is 0 Å². The Morgan fingerprint density at radius 1 is 1.42 bits per heavy atom. The van der Waals surface area contributed by atoms with Gasteiger partial charge in [-0.2, -0.15) is 0 Å². The Labute approximate surface area is 115 Å². The zero-order valence-electron chi connectivity index (χ0n) is 12.2. The van der Waals surface area contributed by atoms with Crippen molar-refractivity contribution in [3.05, 3.63) is 35.1 Å². The van der Waals surface area contributed by atoms with Gasteiger partial charge in [-0.05, 0) is 56.3 Å². The molecule has 2 rings (SSSR count). The first-order valence-electron chi connectivity index (χ1n) is 7.26. The van der Waals surface area contributed by atoms with Gasteiger partial charge >= 0.3 is 0 Å². The summed E-state index contributed by atoms with van der Waals surface area (Å²) in [5, 5.41) is 0. The van der Waals surface area contributed by atoms with Gasteiger partial charge in [-0.3, -0.25) is 4.90 Å². The van der Waals surface area contributed by atoms with E-state index in [4.69, 9.17) is 5.73 Å². The molecule has 2 nitrogen and oxygen atoms in total. The SMILES string of the molecule is Cc1ccc(C(CN)N2CCCC(C)C2C)cc1F. The minimum atomic E-state index is -0.131. The highest BCUT2D eigenvalue weighted by Gasteiger charge is 2.30. The van der Waals surface area contributed by atoms with Gasteiger partial charge in [0.1, 0.15) is 5.82 Å². The molecule has 1 aromatic rings. The third kappa shape index (κ3) is 2.98. The molecule has 0 spiro atoms. The fourth-order valence-corrected chi connectivity index (χ4v) is 3.09. The Kier molecular flexibility index (Phi) is 4.58. The van der Waals surface area contributed by atoms with Crippen molar-refractivity contribution in [3.8, 4) is 0 Å². The highest BCUT2D eigenvalue weighted by Crippen LogP contribution is 2.31. The summed E-state index contributed by atoms with van der Waals surface area (Å²) in [5.41, 5.74) is 7.67. The van der Waals surface area contributed by atoms with Crippen LogP contribution in [0.5, 0.6) is 0 Å². The Bertz CT molecular complexity index is 433. The third-order valence-electron chi connectivity index (χ3n) is 4.63. The first-order chi connectivity index (χ1) is 9.04. The molecule has 1 fully saturated rings. The monoisotopic (exact) mass is 264 g/mol. The van der Waals surface area contributed by atoms with Crippen LogP contribution in [0.1, 0.15) is 43.9 Å². The largest absolute Gasteiger partial charge is 0.329 e. The molecule has 0 amide bonds. The number of hydrogen-bond acceptors (Lipinski definition) is 2. The van der Waals surface area contributed by atoms with Gasteiger partial charge in [0.2, 0.25) is 0 Å². The quantitative estimate of drug-likeness (QED) is 0.908. The van der Waals surface area contributed by atoms with E-state index in [0.29, 0.717) is 24.1 Å². The zero-order valence-corrected chi connectivity index (χ0v) is 12.2. The standard InChI is InChI=1S/C16H25FN2/c1-11-5-4-8-19(13(11)3)16(10-18)14-7-6-12(2)15(17)9-14/h6-7,9,11,13,16H,4-5,8,10,18H2,1-3H3. The van der Waals surface area contributed by atoms with Crippen molar-refractivity contribution in [2.45, 2.75) is 45.7 Å². The van der Waals surface area contributed by atoms with Crippen molar-refractivity contribution in [2.75, 3.05) is 13.1 Å². The second-order valence-corrected chi connectivity index (χ2v) is 5.86. The lowest BCUT2D eigenvalue weighted by Crippen LogP contribution is -2.46. The van der Waals surface area contributed by atoms with E-state index in [1.165, 1.54) is 12.8 Å². The number of piperidine rings is 1.